The van der Waals surface area contributed by atoms with Crippen molar-refractivity contribution in [1.82, 2.24) is 5.32 Å². The molecule has 0 aliphatic carbocycles. The van der Waals surface area contributed by atoms with Gasteiger partial charge >= 0.3 is 0 Å². The Morgan fingerprint density at radius 1 is 0.960 bits per heavy atom. The zero-order chi connectivity index (χ0) is 18.2. The van der Waals surface area contributed by atoms with Gasteiger partial charge in [0.25, 0.3) is 0 Å². The van der Waals surface area contributed by atoms with Gasteiger partial charge in [0.1, 0.15) is 0 Å². The third-order valence-electron chi connectivity index (χ3n) is 3.69. The molecule has 2 N–H and O–H groups in total. The second kappa shape index (κ2) is 9.28. The first-order valence-electron chi connectivity index (χ1n) is 8.54. The maximum Gasteiger partial charge on any atom is 0.171 e. The Balaban J connectivity index is 1.97. The lowest BCUT2D eigenvalue weighted by atomic mass is 10.1. The number of anilines is 1. The number of hydrogen-bond acceptors (Lipinski definition) is 3. The predicted molar refractivity (Wildman–Crippen MR) is 108 cm³/mol. The van der Waals surface area contributed by atoms with Crippen LogP contribution in [-0.2, 0) is 6.54 Å². The van der Waals surface area contributed by atoms with Crippen LogP contribution in [0.4, 0.5) is 5.69 Å². The van der Waals surface area contributed by atoms with Gasteiger partial charge in [-0.2, -0.15) is 0 Å². The predicted octanol–water partition coefficient (Wildman–Crippen LogP) is 4.59. The summed E-state index contributed by atoms with van der Waals surface area (Å²) >= 11 is 5.40. The van der Waals surface area contributed by atoms with E-state index in [0.29, 0.717) is 24.9 Å². The standard InChI is InChI=1S/C20H26N2O2S/c1-5-23-18-10-8-16(12-19(18)24-6-2)13-21-20(25)22-17-9-7-14(3)11-15(17)4/h7-12H,5-6,13H2,1-4H3,(H2,21,22,25). The van der Waals surface area contributed by atoms with E-state index in [1.807, 2.05) is 38.1 Å². The van der Waals surface area contributed by atoms with Crippen molar-refractivity contribution in [2.75, 3.05) is 18.5 Å². The lowest BCUT2D eigenvalue weighted by Crippen LogP contribution is -2.28. The van der Waals surface area contributed by atoms with Crippen LogP contribution in [0.15, 0.2) is 36.4 Å². The van der Waals surface area contributed by atoms with Gasteiger partial charge in [-0.1, -0.05) is 23.8 Å². The molecule has 0 atom stereocenters. The number of benzene rings is 2. The number of ether oxygens (including phenoxy) is 2. The number of rotatable bonds is 7. The fourth-order valence-electron chi connectivity index (χ4n) is 2.51. The molecule has 0 fully saturated rings. The Morgan fingerprint density at radius 3 is 2.36 bits per heavy atom. The smallest absolute Gasteiger partial charge is 0.171 e. The van der Waals surface area contributed by atoms with Crippen LogP contribution in [0, 0.1) is 13.8 Å². The summed E-state index contributed by atoms with van der Waals surface area (Å²) in [6.07, 6.45) is 0. The molecule has 0 aliphatic heterocycles. The number of thiocarbonyl (C=S) groups is 1. The van der Waals surface area contributed by atoms with E-state index in [-0.39, 0.29) is 0 Å². The molecule has 0 amide bonds. The van der Waals surface area contributed by atoms with Crippen molar-refractivity contribution in [3.63, 3.8) is 0 Å². The fraction of sp³-hybridized carbons (Fsp3) is 0.350. The van der Waals surface area contributed by atoms with Crippen molar-refractivity contribution >= 4 is 23.0 Å². The number of hydrogen-bond donors (Lipinski definition) is 2. The van der Waals surface area contributed by atoms with Crippen molar-refractivity contribution in [2.24, 2.45) is 0 Å². The van der Waals surface area contributed by atoms with Crippen LogP contribution in [0.2, 0.25) is 0 Å². The topological polar surface area (TPSA) is 42.5 Å². The molecule has 2 aromatic carbocycles. The lowest BCUT2D eigenvalue weighted by Gasteiger charge is -2.15. The molecule has 0 unspecified atom stereocenters. The highest BCUT2D eigenvalue weighted by molar-refractivity contribution is 7.80. The second-order valence-corrected chi connectivity index (χ2v) is 6.18. The first kappa shape index (κ1) is 19.1. The summed E-state index contributed by atoms with van der Waals surface area (Å²) in [5.74, 6) is 1.53. The average molecular weight is 359 g/mol. The number of nitrogens with one attached hydrogen (secondary N) is 2. The Kier molecular flexibility index (Phi) is 7.07. The van der Waals surface area contributed by atoms with Gasteiger partial charge < -0.3 is 20.1 Å². The van der Waals surface area contributed by atoms with E-state index in [0.717, 1.165) is 22.7 Å². The molecule has 134 valence electrons. The molecule has 5 heteroatoms. The Hall–Kier alpha value is -2.27. The third-order valence-corrected chi connectivity index (χ3v) is 3.94. The molecule has 0 radical (unpaired) electrons. The van der Waals surface area contributed by atoms with E-state index in [2.05, 4.69) is 36.6 Å². The van der Waals surface area contributed by atoms with Crippen LogP contribution in [0.5, 0.6) is 11.5 Å². The summed E-state index contributed by atoms with van der Waals surface area (Å²) in [6, 6.07) is 12.2. The van der Waals surface area contributed by atoms with Crippen molar-refractivity contribution in [2.45, 2.75) is 34.2 Å². The minimum atomic E-state index is 0.596. The van der Waals surface area contributed by atoms with Crippen LogP contribution >= 0.6 is 12.2 Å². The molecule has 0 saturated carbocycles. The van der Waals surface area contributed by atoms with E-state index in [9.17, 15) is 0 Å². The van der Waals surface area contributed by atoms with Gasteiger partial charge in [-0.05, 0) is 69.2 Å². The van der Waals surface area contributed by atoms with Crippen molar-refractivity contribution in [1.29, 1.82) is 0 Å². The monoisotopic (exact) mass is 358 g/mol. The van der Waals surface area contributed by atoms with Gasteiger partial charge in [0.2, 0.25) is 0 Å². The van der Waals surface area contributed by atoms with E-state index in [4.69, 9.17) is 21.7 Å². The molecule has 0 saturated heterocycles. The lowest BCUT2D eigenvalue weighted by molar-refractivity contribution is 0.287. The van der Waals surface area contributed by atoms with E-state index < -0.39 is 0 Å². The largest absolute Gasteiger partial charge is 0.490 e. The number of aryl methyl sites for hydroxylation is 2. The van der Waals surface area contributed by atoms with Gasteiger partial charge in [-0.15, -0.1) is 0 Å². The Labute approximate surface area is 155 Å². The van der Waals surface area contributed by atoms with Gasteiger partial charge in [0.15, 0.2) is 16.6 Å². The highest BCUT2D eigenvalue weighted by atomic mass is 32.1. The molecule has 2 rings (SSSR count). The minimum Gasteiger partial charge on any atom is -0.490 e. The Morgan fingerprint density at radius 2 is 1.68 bits per heavy atom. The van der Waals surface area contributed by atoms with Crippen LogP contribution in [0.1, 0.15) is 30.5 Å². The average Bonchev–Trinajstić information content (AvgIpc) is 2.58. The summed E-state index contributed by atoms with van der Waals surface area (Å²) in [5, 5.41) is 7.07. The molecule has 0 aliphatic rings. The molecular formula is C20H26N2O2S. The molecular weight excluding hydrogens is 332 g/mol. The van der Waals surface area contributed by atoms with E-state index >= 15 is 0 Å². The molecule has 2 aromatic rings. The first-order chi connectivity index (χ1) is 12.0. The van der Waals surface area contributed by atoms with Crippen molar-refractivity contribution < 1.29 is 9.47 Å². The SMILES string of the molecule is CCOc1ccc(CNC(=S)Nc2ccc(C)cc2C)cc1OCC. The zero-order valence-corrected chi connectivity index (χ0v) is 16.1. The summed E-state index contributed by atoms with van der Waals surface area (Å²) in [5.41, 5.74) is 4.50. The Bertz CT molecular complexity index is 732. The zero-order valence-electron chi connectivity index (χ0n) is 15.3. The van der Waals surface area contributed by atoms with Crippen LogP contribution < -0.4 is 20.1 Å². The second-order valence-electron chi connectivity index (χ2n) is 5.77. The van der Waals surface area contributed by atoms with Gasteiger partial charge in [-0.3, -0.25) is 0 Å². The fourth-order valence-corrected chi connectivity index (χ4v) is 2.69. The normalized spacial score (nSPS) is 10.2. The third kappa shape index (κ3) is 5.64. The first-order valence-corrected chi connectivity index (χ1v) is 8.95. The van der Waals surface area contributed by atoms with Gasteiger partial charge in [-0.25, -0.2) is 0 Å². The summed E-state index contributed by atoms with van der Waals surface area (Å²) < 4.78 is 11.2. The summed E-state index contributed by atoms with van der Waals surface area (Å²) in [4.78, 5) is 0. The van der Waals surface area contributed by atoms with E-state index in [1.165, 1.54) is 11.1 Å². The van der Waals surface area contributed by atoms with Crippen LogP contribution in [-0.4, -0.2) is 18.3 Å². The summed E-state index contributed by atoms with van der Waals surface area (Å²) in [6.45, 7) is 9.90. The molecule has 0 spiro atoms. The molecule has 4 nitrogen and oxygen atoms in total. The highest BCUT2D eigenvalue weighted by Crippen LogP contribution is 2.28. The molecule has 0 bridgehead atoms. The highest BCUT2D eigenvalue weighted by Gasteiger charge is 2.07. The van der Waals surface area contributed by atoms with Gasteiger partial charge in [0.05, 0.1) is 13.2 Å². The van der Waals surface area contributed by atoms with Crippen molar-refractivity contribution in [3.8, 4) is 11.5 Å². The summed E-state index contributed by atoms with van der Waals surface area (Å²) in [7, 11) is 0. The molecule has 25 heavy (non-hydrogen) atoms. The van der Waals surface area contributed by atoms with Crippen LogP contribution in [0.3, 0.4) is 0 Å². The van der Waals surface area contributed by atoms with Gasteiger partial charge in [0, 0.05) is 12.2 Å². The maximum atomic E-state index is 5.66. The van der Waals surface area contributed by atoms with Crippen molar-refractivity contribution in [3.05, 3.63) is 53.1 Å². The minimum absolute atomic E-state index is 0.596. The van der Waals surface area contributed by atoms with Crippen LogP contribution in [0.25, 0.3) is 0 Å². The maximum absolute atomic E-state index is 5.66. The molecule has 0 heterocycles. The van der Waals surface area contributed by atoms with E-state index in [1.54, 1.807) is 0 Å². The molecule has 0 aromatic heterocycles. The quantitative estimate of drug-likeness (QED) is 0.709.